The van der Waals surface area contributed by atoms with Crippen LogP contribution in [0.25, 0.3) is 78.8 Å². The topological polar surface area (TPSA) is 51.6 Å². The van der Waals surface area contributed by atoms with Gasteiger partial charge in [0.05, 0.1) is 5.69 Å². The lowest BCUT2D eigenvalue weighted by atomic mass is 9.43. The van der Waals surface area contributed by atoms with Gasteiger partial charge in [-0.05, 0) is 137 Å². The molecule has 0 N–H and O–H groups in total. The summed E-state index contributed by atoms with van der Waals surface area (Å²) in [6.07, 6.45) is 8.83. The van der Waals surface area contributed by atoms with Gasteiger partial charge in [-0.15, -0.1) is 0 Å². The zero-order valence-corrected chi connectivity index (χ0v) is 32.3. The molecular weight excluding hydrogens is 705 g/mol. The van der Waals surface area contributed by atoms with Crippen molar-refractivity contribution in [2.24, 2.45) is 23.7 Å². The van der Waals surface area contributed by atoms with Crippen LogP contribution in [-0.2, 0) is 5.41 Å². The molecule has 1 spiro atoms. The van der Waals surface area contributed by atoms with E-state index in [0.29, 0.717) is 29.3 Å². The van der Waals surface area contributed by atoms with Crippen LogP contribution in [0.1, 0.15) is 43.2 Å². The highest BCUT2D eigenvalue weighted by Crippen LogP contribution is 2.69. The smallest absolute Gasteiger partial charge is 0.164 e. The van der Waals surface area contributed by atoms with Crippen LogP contribution >= 0.6 is 0 Å². The average Bonchev–Trinajstić information content (AvgIpc) is 3.58. The molecule has 13 rings (SSSR count). The SMILES string of the molecule is c1ccc(-c2cc(-c3cc(-c4ccc5c(c4)C4(c6ccccc6-5)C5CC6CC(C5)CC4C6)cc(-c4nc(-c5ccccc5)nc(-c5ccccc5)n4)c3)ccn2)cc1. The second-order valence-corrected chi connectivity index (χ2v) is 17.1. The summed E-state index contributed by atoms with van der Waals surface area (Å²) in [4.78, 5) is 20.2. The maximum Gasteiger partial charge on any atom is 0.164 e. The van der Waals surface area contributed by atoms with Crippen LogP contribution in [0.3, 0.4) is 0 Å². The van der Waals surface area contributed by atoms with Gasteiger partial charge >= 0.3 is 0 Å². The molecule has 5 aliphatic carbocycles. The molecule has 0 atom stereocenters. The van der Waals surface area contributed by atoms with Gasteiger partial charge in [-0.1, -0.05) is 127 Å². The van der Waals surface area contributed by atoms with Gasteiger partial charge in [0.15, 0.2) is 17.5 Å². The number of hydrogen-bond donors (Lipinski definition) is 0. The minimum Gasteiger partial charge on any atom is -0.256 e. The van der Waals surface area contributed by atoms with E-state index in [2.05, 4.69) is 121 Å². The van der Waals surface area contributed by atoms with Gasteiger partial charge in [0.2, 0.25) is 0 Å². The van der Waals surface area contributed by atoms with Crippen LogP contribution in [0, 0.1) is 23.7 Å². The Bertz CT molecular complexity index is 2760. The normalized spacial score (nSPS) is 22.2. The zero-order chi connectivity index (χ0) is 38.2. The highest BCUT2D eigenvalue weighted by molar-refractivity contribution is 5.87. The Labute approximate surface area is 339 Å². The molecule has 278 valence electrons. The first kappa shape index (κ1) is 33.6. The fourth-order valence-corrected chi connectivity index (χ4v) is 11.7. The van der Waals surface area contributed by atoms with E-state index in [1.54, 1.807) is 11.1 Å². The van der Waals surface area contributed by atoms with E-state index in [4.69, 9.17) is 19.9 Å². The highest BCUT2D eigenvalue weighted by atomic mass is 15.0. The standard InChI is InChI=1S/C54H42N4/c1-4-12-36(13-5-1)50-33-40(22-23-55-50)42-29-41(30-43(31-42)53-57-51(37-14-6-2-7-15-37)56-52(58-53)38-16-8-3-9-17-38)39-20-21-47-46-18-10-11-19-48(46)54(49(47)32-39)44-25-34-24-35(27-44)28-45(54)26-34/h1-23,29-35,44-45H,24-28H2. The number of rotatable bonds is 6. The summed E-state index contributed by atoms with van der Waals surface area (Å²) >= 11 is 0. The van der Waals surface area contributed by atoms with E-state index < -0.39 is 0 Å². The van der Waals surface area contributed by atoms with Gasteiger partial charge in [0, 0.05) is 33.9 Å². The van der Waals surface area contributed by atoms with Crippen molar-refractivity contribution in [3.63, 3.8) is 0 Å². The van der Waals surface area contributed by atoms with E-state index in [1.165, 1.54) is 48.8 Å². The van der Waals surface area contributed by atoms with E-state index in [0.717, 1.165) is 56.5 Å². The van der Waals surface area contributed by atoms with Crippen molar-refractivity contribution < 1.29 is 0 Å². The predicted octanol–water partition coefficient (Wildman–Crippen LogP) is 13.0. The Morgan fingerprint density at radius 3 is 1.48 bits per heavy atom. The minimum atomic E-state index is 0.0921. The Hall–Kier alpha value is -6.52. The quantitative estimate of drug-likeness (QED) is 0.170. The number of benzene rings is 6. The van der Waals surface area contributed by atoms with E-state index in [-0.39, 0.29) is 5.41 Å². The van der Waals surface area contributed by atoms with Crippen LogP contribution in [0.15, 0.2) is 170 Å². The largest absolute Gasteiger partial charge is 0.256 e. The summed E-state index contributed by atoms with van der Waals surface area (Å²) in [5.41, 5.74) is 15.6. The summed E-state index contributed by atoms with van der Waals surface area (Å²) in [5, 5.41) is 0. The molecule has 0 amide bonds. The molecule has 0 aliphatic heterocycles. The van der Waals surface area contributed by atoms with E-state index in [1.807, 2.05) is 48.7 Å². The molecule has 4 heteroatoms. The average molecular weight is 747 g/mol. The number of fused-ring (bicyclic) bond motifs is 3. The van der Waals surface area contributed by atoms with Crippen LogP contribution in [0.2, 0.25) is 0 Å². The van der Waals surface area contributed by atoms with Gasteiger partial charge < -0.3 is 0 Å². The van der Waals surface area contributed by atoms with Gasteiger partial charge in [0.1, 0.15) is 0 Å². The third kappa shape index (κ3) is 5.35. The van der Waals surface area contributed by atoms with Gasteiger partial charge in [0.25, 0.3) is 0 Å². The molecule has 58 heavy (non-hydrogen) atoms. The summed E-state index contributed by atoms with van der Waals surface area (Å²) in [6, 6.07) is 58.9. The van der Waals surface area contributed by atoms with Crippen molar-refractivity contribution in [3.05, 3.63) is 181 Å². The summed E-state index contributed by atoms with van der Waals surface area (Å²) < 4.78 is 0. The fraction of sp³-hybridized carbons (Fsp3) is 0.185. The summed E-state index contributed by atoms with van der Waals surface area (Å²) in [7, 11) is 0. The second-order valence-electron chi connectivity index (χ2n) is 17.1. The molecule has 6 aromatic carbocycles. The first-order chi connectivity index (χ1) is 28.7. The van der Waals surface area contributed by atoms with Crippen molar-refractivity contribution >= 4 is 0 Å². The lowest BCUT2D eigenvalue weighted by molar-refractivity contribution is -0.0399. The van der Waals surface area contributed by atoms with E-state index in [9.17, 15) is 0 Å². The summed E-state index contributed by atoms with van der Waals surface area (Å²) in [6.45, 7) is 0. The number of aromatic nitrogens is 4. The second kappa shape index (κ2) is 13.3. The van der Waals surface area contributed by atoms with Gasteiger partial charge in [-0.2, -0.15) is 0 Å². The first-order valence-electron chi connectivity index (χ1n) is 21.0. The molecule has 5 aliphatic rings. The molecule has 8 aromatic rings. The molecule has 0 unspecified atom stereocenters. The lowest BCUT2D eigenvalue weighted by Gasteiger charge is -2.61. The maximum atomic E-state index is 5.20. The lowest BCUT2D eigenvalue weighted by Crippen LogP contribution is -2.55. The number of nitrogens with zero attached hydrogens (tertiary/aromatic N) is 4. The molecule has 2 aromatic heterocycles. The molecule has 4 bridgehead atoms. The third-order valence-electron chi connectivity index (χ3n) is 13.9. The monoisotopic (exact) mass is 746 g/mol. The zero-order valence-electron chi connectivity index (χ0n) is 32.3. The molecule has 4 fully saturated rings. The Morgan fingerprint density at radius 2 is 0.862 bits per heavy atom. The third-order valence-corrected chi connectivity index (χ3v) is 13.9. The van der Waals surface area contributed by atoms with Crippen LogP contribution in [0.4, 0.5) is 0 Å². The van der Waals surface area contributed by atoms with Crippen molar-refractivity contribution in [1.29, 1.82) is 0 Å². The predicted molar refractivity (Wildman–Crippen MR) is 233 cm³/mol. The van der Waals surface area contributed by atoms with Crippen LogP contribution < -0.4 is 0 Å². The molecule has 2 heterocycles. The molecule has 0 radical (unpaired) electrons. The van der Waals surface area contributed by atoms with Gasteiger partial charge in [-0.3, -0.25) is 4.98 Å². The Balaban J connectivity index is 1.07. The van der Waals surface area contributed by atoms with Crippen LogP contribution in [-0.4, -0.2) is 19.9 Å². The molecule has 4 nitrogen and oxygen atoms in total. The first-order valence-corrected chi connectivity index (χ1v) is 21.0. The van der Waals surface area contributed by atoms with Crippen molar-refractivity contribution in [1.82, 2.24) is 19.9 Å². The Morgan fingerprint density at radius 1 is 0.362 bits per heavy atom. The Kier molecular flexibility index (Phi) is 7.69. The molecule has 4 saturated carbocycles. The highest BCUT2D eigenvalue weighted by Gasteiger charge is 2.61. The van der Waals surface area contributed by atoms with Crippen LogP contribution in [0.5, 0.6) is 0 Å². The summed E-state index contributed by atoms with van der Waals surface area (Å²) in [5.74, 6) is 5.17. The fourth-order valence-electron chi connectivity index (χ4n) is 11.7. The van der Waals surface area contributed by atoms with Crippen molar-refractivity contribution in [2.45, 2.75) is 37.5 Å². The maximum absolute atomic E-state index is 5.20. The number of pyridine rings is 1. The van der Waals surface area contributed by atoms with Crippen molar-refractivity contribution in [2.75, 3.05) is 0 Å². The minimum absolute atomic E-state index is 0.0921. The van der Waals surface area contributed by atoms with Crippen molar-refractivity contribution in [3.8, 4) is 78.8 Å². The number of hydrogen-bond acceptors (Lipinski definition) is 4. The molecular formula is C54H42N4. The van der Waals surface area contributed by atoms with Gasteiger partial charge in [-0.25, -0.2) is 15.0 Å². The molecule has 0 saturated heterocycles. The van der Waals surface area contributed by atoms with E-state index >= 15 is 0 Å².